The summed E-state index contributed by atoms with van der Waals surface area (Å²) in [5, 5.41) is 10.9. The fourth-order valence-electron chi connectivity index (χ4n) is 2.09. The van der Waals surface area contributed by atoms with Gasteiger partial charge in [-0.25, -0.2) is 0 Å². The van der Waals surface area contributed by atoms with Gasteiger partial charge in [-0.3, -0.25) is 10.1 Å². The standard InChI is InChI=1S/C16H15I2NO4/c1-9(2)12-8-11(4-5-15(12)22-3)23-16-13(17)6-10(19(20)21)7-14(16)18/h4-9H,1-3H3. The van der Waals surface area contributed by atoms with Crippen LogP contribution in [0.4, 0.5) is 5.69 Å². The number of hydrogen-bond donors (Lipinski definition) is 0. The first-order valence-electron chi connectivity index (χ1n) is 6.82. The average molecular weight is 539 g/mol. The van der Waals surface area contributed by atoms with E-state index >= 15 is 0 Å². The van der Waals surface area contributed by atoms with Gasteiger partial charge in [-0.2, -0.15) is 0 Å². The van der Waals surface area contributed by atoms with E-state index in [1.807, 2.05) is 63.4 Å². The third-order valence-electron chi connectivity index (χ3n) is 3.24. The first-order valence-corrected chi connectivity index (χ1v) is 8.98. The van der Waals surface area contributed by atoms with Crippen LogP contribution >= 0.6 is 45.2 Å². The fourth-order valence-corrected chi connectivity index (χ4v) is 4.05. The Hall–Kier alpha value is -1.10. The molecule has 122 valence electrons. The van der Waals surface area contributed by atoms with E-state index in [9.17, 15) is 10.1 Å². The molecule has 0 radical (unpaired) electrons. The van der Waals surface area contributed by atoms with Gasteiger partial charge in [-0.1, -0.05) is 13.8 Å². The van der Waals surface area contributed by atoms with Crippen molar-refractivity contribution in [3.05, 3.63) is 53.1 Å². The quantitative estimate of drug-likeness (QED) is 0.277. The molecule has 5 nitrogen and oxygen atoms in total. The second-order valence-electron chi connectivity index (χ2n) is 5.16. The van der Waals surface area contributed by atoms with Crippen LogP contribution in [0.1, 0.15) is 25.3 Å². The van der Waals surface area contributed by atoms with Crippen LogP contribution in [0.25, 0.3) is 0 Å². The van der Waals surface area contributed by atoms with Gasteiger partial charge in [0.2, 0.25) is 0 Å². The van der Waals surface area contributed by atoms with Crippen LogP contribution in [0.5, 0.6) is 17.2 Å². The number of methoxy groups -OCH3 is 1. The largest absolute Gasteiger partial charge is 0.496 e. The molecule has 2 rings (SSSR count). The van der Waals surface area contributed by atoms with E-state index < -0.39 is 4.92 Å². The van der Waals surface area contributed by atoms with Crippen LogP contribution in [-0.4, -0.2) is 12.0 Å². The SMILES string of the molecule is COc1ccc(Oc2c(I)cc([N+](=O)[O-])cc2I)cc1C(C)C. The molecule has 23 heavy (non-hydrogen) atoms. The molecule has 0 atom stereocenters. The number of halogens is 2. The summed E-state index contributed by atoms with van der Waals surface area (Å²) < 4.78 is 12.7. The maximum atomic E-state index is 10.9. The highest BCUT2D eigenvalue weighted by Gasteiger charge is 2.17. The Morgan fingerprint density at radius 2 is 1.74 bits per heavy atom. The molecule has 0 saturated heterocycles. The molecule has 0 bridgehead atoms. The highest BCUT2D eigenvalue weighted by molar-refractivity contribution is 14.1. The molecule has 2 aromatic carbocycles. The Bertz CT molecular complexity index is 724. The summed E-state index contributed by atoms with van der Waals surface area (Å²) in [6.45, 7) is 4.17. The Morgan fingerprint density at radius 3 is 2.22 bits per heavy atom. The second kappa shape index (κ2) is 7.65. The predicted molar refractivity (Wildman–Crippen MR) is 106 cm³/mol. The van der Waals surface area contributed by atoms with Crippen molar-refractivity contribution in [3.63, 3.8) is 0 Å². The van der Waals surface area contributed by atoms with E-state index in [1.165, 1.54) is 12.1 Å². The summed E-state index contributed by atoms with van der Waals surface area (Å²) in [6.07, 6.45) is 0. The van der Waals surface area contributed by atoms with Gasteiger partial charge in [0.25, 0.3) is 5.69 Å². The van der Waals surface area contributed by atoms with E-state index in [4.69, 9.17) is 9.47 Å². The molecule has 7 heteroatoms. The van der Waals surface area contributed by atoms with Gasteiger partial charge in [0.05, 0.1) is 19.2 Å². The smallest absolute Gasteiger partial charge is 0.271 e. The van der Waals surface area contributed by atoms with Gasteiger partial charge in [0, 0.05) is 17.7 Å². The van der Waals surface area contributed by atoms with Crippen molar-refractivity contribution in [2.24, 2.45) is 0 Å². The van der Waals surface area contributed by atoms with Gasteiger partial charge in [-0.05, 0) is 69.3 Å². The molecule has 0 aliphatic rings. The summed E-state index contributed by atoms with van der Waals surface area (Å²) in [5.74, 6) is 2.42. The summed E-state index contributed by atoms with van der Waals surface area (Å²) >= 11 is 4.10. The average Bonchev–Trinajstić information content (AvgIpc) is 2.50. The van der Waals surface area contributed by atoms with E-state index in [2.05, 4.69) is 13.8 Å². The number of rotatable bonds is 5. The Labute approximate surface area is 161 Å². The number of benzene rings is 2. The van der Waals surface area contributed by atoms with Gasteiger partial charge in [-0.15, -0.1) is 0 Å². The maximum absolute atomic E-state index is 10.9. The summed E-state index contributed by atoms with van der Waals surface area (Å²) in [6, 6.07) is 8.65. The topological polar surface area (TPSA) is 61.6 Å². The fraction of sp³-hybridized carbons (Fsp3) is 0.250. The molecule has 2 aromatic rings. The minimum absolute atomic E-state index is 0.0590. The molecule has 0 aromatic heterocycles. The molecule has 0 spiro atoms. The lowest BCUT2D eigenvalue weighted by Crippen LogP contribution is -1.98. The van der Waals surface area contributed by atoms with Crippen LogP contribution in [0, 0.1) is 17.3 Å². The number of non-ortho nitro benzene ring substituents is 1. The summed E-state index contributed by atoms with van der Waals surface area (Å²) in [7, 11) is 1.64. The van der Waals surface area contributed by atoms with Gasteiger partial charge >= 0.3 is 0 Å². The van der Waals surface area contributed by atoms with Crippen molar-refractivity contribution >= 4 is 50.9 Å². The zero-order valence-electron chi connectivity index (χ0n) is 12.8. The number of nitro benzene ring substituents is 1. The number of hydrogen-bond acceptors (Lipinski definition) is 4. The molecule has 0 fully saturated rings. The Kier molecular flexibility index (Phi) is 6.06. The van der Waals surface area contributed by atoms with Crippen molar-refractivity contribution in [1.82, 2.24) is 0 Å². The molecular formula is C16H15I2NO4. The van der Waals surface area contributed by atoms with Crippen molar-refractivity contribution in [2.75, 3.05) is 7.11 Å². The zero-order chi connectivity index (χ0) is 17.1. The number of nitrogens with zero attached hydrogens (tertiary/aromatic N) is 1. The van der Waals surface area contributed by atoms with Crippen LogP contribution in [-0.2, 0) is 0 Å². The number of ether oxygens (including phenoxy) is 2. The third kappa shape index (κ3) is 4.25. The lowest BCUT2D eigenvalue weighted by atomic mass is 10.0. The predicted octanol–water partition coefficient (Wildman–Crippen LogP) is 5.73. The number of nitro groups is 1. The van der Waals surface area contributed by atoms with Crippen molar-refractivity contribution < 1.29 is 14.4 Å². The van der Waals surface area contributed by atoms with Gasteiger partial charge in [0.1, 0.15) is 11.5 Å². The zero-order valence-corrected chi connectivity index (χ0v) is 17.1. The van der Waals surface area contributed by atoms with Crippen molar-refractivity contribution in [3.8, 4) is 17.2 Å². The normalized spacial score (nSPS) is 10.7. The molecule has 0 unspecified atom stereocenters. The molecule has 0 aliphatic carbocycles. The molecule has 0 N–H and O–H groups in total. The van der Waals surface area contributed by atoms with Crippen LogP contribution in [0.3, 0.4) is 0 Å². The van der Waals surface area contributed by atoms with Crippen LogP contribution < -0.4 is 9.47 Å². The van der Waals surface area contributed by atoms with Crippen LogP contribution in [0.15, 0.2) is 30.3 Å². The van der Waals surface area contributed by atoms with Crippen molar-refractivity contribution in [1.29, 1.82) is 0 Å². The van der Waals surface area contributed by atoms with E-state index in [0.717, 1.165) is 11.3 Å². The van der Waals surface area contributed by atoms with E-state index in [0.29, 0.717) is 24.6 Å². The summed E-state index contributed by atoms with van der Waals surface area (Å²) in [5.41, 5.74) is 1.11. The molecule has 0 saturated carbocycles. The second-order valence-corrected chi connectivity index (χ2v) is 7.48. The van der Waals surface area contributed by atoms with Crippen molar-refractivity contribution in [2.45, 2.75) is 19.8 Å². The van der Waals surface area contributed by atoms with Gasteiger partial charge in [0.15, 0.2) is 5.75 Å². The van der Waals surface area contributed by atoms with Gasteiger partial charge < -0.3 is 9.47 Å². The minimum Gasteiger partial charge on any atom is -0.496 e. The molecular weight excluding hydrogens is 524 g/mol. The first-order chi connectivity index (χ1) is 10.8. The van der Waals surface area contributed by atoms with E-state index in [1.54, 1.807) is 7.11 Å². The van der Waals surface area contributed by atoms with E-state index in [-0.39, 0.29) is 5.69 Å². The highest BCUT2D eigenvalue weighted by atomic mass is 127. The molecule has 0 aliphatic heterocycles. The first kappa shape index (κ1) is 18.2. The monoisotopic (exact) mass is 539 g/mol. The Balaban J connectivity index is 2.40. The maximum Gasteiger partial charge on any atom is 0.271 e. The lowest BCUT2D eigenvalue weighted by molar-refractivity contribution is -0.385. The molecule has 0 amide bonds. The molecule has 0 heterocycles. The third-order valence-corrected chi connectivity index (χ3v) is 4.84. The Morgan fingerprint density at radius 1 is 1.13 bits per heavy atom. The van der Waals surface area contributed by atoms with Crippen LogP contribution in [0.2, 0.25) is 0 Å². The lowest BCUT2D eigenvalue weighted by Gasteiger charge is -2.15. The minimum atomic E-state index is -0.404. The highest BCUT2D eigenvalue weighted by Crippen LogP contribution is 2.37. The summed E-state index contributed by atoms with van der Waals surface area (Å²) in [4.78, 5) is 10.5.